The summed E-state index contributed by atoms with van der Waals surface area (Å²) >= 11 is 0. The fourth-order valence-corrected chi connectivity index (χ4v) is 3.18. The lowest BCUT2D eigenvalue weighted by Gasteiger charge is -2.33. The van der Waals surface area contributed by atoms with E-state index in [-0.39, 0.29) is 5.97 Å². The first-order chi connectivity index (χ1) is 10.8. The van der Waals surface area contributed by atoms with Crippen molar-refractivity contribution in [1.29, 1.82) is 0 Å². The van der Waals surface area contributed by atoms with Crippen molar-refractivity contribution in [2.24, 2.45) is 5.92 Å². The molecule has 0 aromatic rings. The van der Waals surface area contributed by atoms with Crippen molar-refractivity contribution in [3.8, 4) is 0 Å². The Morgan fingerprint density at radius 3 is 2.65 bits per heavy atom. The summed E-state index contributed by atoms with van der Waals surface area (Å²) in [7, 11) is 0. The molecule has 2 heterocycles. The summed E-state index contributed by atoms with van der Waals surface area (Å²) in [5, 5.41) is 10.8. The zero-order valence-corrected chi connectivity index (χ0v) is 14.9. The van der Waals surface area contributed by atoms with Gasteiger partial charge in [0.2, 0.25) is 0 Å². The van der Waals surface area contributed by atoms with E-state index in [1.54, 1.807) is 6.92 Å². The predicted octanol–water partition coefficient (Wildman–Crippen LogP) is 4.47. The van der Waals surface area contributed by atoms with Crippen molar-refractivity contribution in [1.82, 2.24) is 0 Å². The zero-order chi connectivity index (χ0) is 17.0. The van der Waals surface area contributed by atoms with Crippen LogP contribution in [0, 0.1) is 5.92 Å². The Morgan fingerprint density at radius 1 is 1.22 bits per heavy atom. The summed E-state index contributed by atoms with van der Waals surface area (Å²) in [5.74, 6) is 0.0988. The number of rotatable bonds is 1. The lowest BCUT2D eigenvalue weighted by Crippen LogP contribution is -2.42. The van der Waals surface area contributed by atoms with E-state index in [0.29, 0.717) is 25.2 Å². The van der Waals surface area contributed by atoms with Crippen LogP contribution in [-0.4, -0.2) is 22.8 Å². The molecule has 2 aliphatic heterocycles. The van der Waals surface area contributed by atoms with Crippen molar-refractivity contribution < 1.29 is 14.6 Å². The molecule has 1 N–H and O–H groups in total. The SMILES string of the molecule is C/C1=C/CC/C2=C/CC[C@@](C)(O)[C@H](/C=C(/C(C)C)CC1)OC2=O. The highest BCUT2D eigenvalue weighted by Gasteiger charge is 2.35. The number of fused-ring (bicyclic) bond motifs is 3. The van der Waals surface area contributed by atoms with Crippen LogP contribution in [0.1, 0.15) is 66.2 Å². The number of hydrogen-bond donors (Lipinski definition) is 1. The molecule has 23 heavy (non-hydrogen) atoms. The minimum Gasteiger partial charge on any atom is -0.452 e. The first kappa shape index (κ1) is 18.0. The van der Waals surface area contributed by atoms with Gasteiger partial charge in [-0.2, -0.15) is 0 Å². The highest BCUT2D eigenvalue weighted by Crippen LogP contribution is 2.30. The molecule has 0 aromatic heterocycles. The van der Waals surface area contributed by atoms with Crippen LogP contribution in [0.4, 0.5) is 0 Å². The monoisotopic (exact) mass is 318 g/mol. The van der Waals surface area contributed by atoms with Gasteiger partial charge < -0.3 is 9.84 Å². The van der Waals surface area contributed by atoms with Gasteiger partial charge in [0.15, 0.2) is 0 Å². The molecule has 2 atom stereocenters. The van der Waals surface area contributed by atoms with Gasteiger partial charge in [0.25, 0.3) is 0 Å². The van der Waals surface area contributed by atoms with Crippen LogP contribution in [0.5, 0.6) is 0 Å². The molecule has 0 radical (unpaired) electrons. The molecule has 0 fully saturated rings. The van der Waals surface area contributed by atoms with Gasteiger partial charge in [0.05, 0.1) is 0 Å². The molecule has 3 nitrogen and oxygen atoms in total. The van der Waals surface area contributed by atoms with Gasteiger partial charge in [-0.25, -0.2) is 4.79 Å². The van der Waals surface area contributed by atoms with Crippen molar-refractivity contribution in [2.45, 2.75) is 77.9 Å². The quantitative estimate of drug-likeness (QED) is 0.573. The first-order valence-corrected chi connectivity index (χ1v) is 8.78. The Balaban J connectivity index is 2.43. The molecule has 2 bridgehead atoms. The summed E-state index contributed by atoms with van der Waals surface area (Å²) in [5.41, 5.74) is 2.34. The minimum atomic E-state index is -1.02. The van der Waals surface area contributed by atoms with E-state index in [2.05, 4.69) is 26.8 Å². The summed E-state index contributed by atoms with van der Waals surface area (Å²) in [6.07, 6.45) is 10.5. The number of allylic oxidation sites excluding steroid dienone is 4. The summed E-state index contributed by atoms with van der Waals surface area (Å²) < 4.78 is 5.70. The molecular formula is C20H30O3. The lowest BCUT2D eigenvalue weighted by atomic mass is 9.86. The van der Waals surface area contributed by atoms with Gasteiger partial charge in [-0.3, -0.25) is 0 Å². The average molecular weight is 318 g/mol. The Labute approximate surface area is 140 Å². The number of carbonyl (C=O) groups excluding carboxylic acids is 1. The molecule has 0 spiro atoms. The second-order valence-electron chi connectivity index (χ2n) is 7.44. The summed E-state index contributed by atoms with van der Waals surface area (Å²) in [6, 6.07) is 0. The molecule has 2 rings (SSSR count). The predicted molar refractivity (Wildman–Crippen MR) is 93.0 cm³/mol. The Kier molecular flexibility index (Phi) is 5.85. The second kappa shape index (κ2) is 7.48. The van der Waals surface area contributed by atoms with Crippen molar-refractivity contribution in [3.05, 3.63) is 34.9 Å². The van der Waals surface area contributed by atoms with Crippen molar-refractivity contribution in [2.75, 3.05) is 0 Å². The smallest absolute Gasteiger partial charge is 0.334 e. The third kappa shape index (κ3) is 4.81. The maximum atomic E-state index is 12.5. The van der Waals surface area contributed by atoms with Crippen LogP contribution in [-0.2, 0) is 9.53 Å². The largest absolute Gasteiger partial charge is 0.452 e. The Bertz CT molecular complexity index is 535. The molecule has 128 valence electrons. The van der Waals surface area contributed by atoms with Crippen LogP contribution in [0.3, 0.4) is 0 Å². The first-order valence-electron chi connectivity index (χ1n) is 8.78. The number of esters is 1. The molecule has 0 unspecified atom stereocenters. The van der Waals surface area contributed by atoms with Crippen molar-refractivity contribution >= 4 is 5.97 Å². The molecule has 2 aliphatic rings. The van der Waals surface area contributed by atoms with Crippen LogP contribution in [0.2, 0.25) is 0 Å². The number of hydrogen-bond acceptors (Lipinski definition) is 3. The molecule has 0 saturated heterocycles. The molecule has 0 aromatic carbocycles. The molecule has 0 amide bonds. The van der Waals surface area contributed by atoms with Gasteiger partial charge in [0.1, 0.15) is 11.7 Å². The number of carbonyl (C=O) groups is 1. The molecule has 0 aliphatic carbocycles. The summed E-state index contributed by atoms with van der Waals surface area (Å²) in [4.78, 5) is 12.5. The molecule has 0 saturated carbocycles. The van der Waals surface area contributed by atoms with E-state index in [9.17, 15) is 9.90 Å². The van der Waals surface area contributed by atoms with Crippen LogP contribution < -0.4 is 0 Å². The zero-order valence-electron chi connectivity index (χ0n) is 14.9. The van der Waals surface area contributed by atoms with Gasteiger partial charge in [0, 0.05) is 5.57 Å². The van der Waals surface area contributed by atoms with E-state index in [4.69, 9.17) is 4.74 Å². The topological polar surface area (TPSA) is 46.5 Å². The highest BCUT2D eigenvalue weighted by molar-refractivity contribution is 5.88. The average Bonchev–Trinajstić information content (AvgIpc) is 2.45. The number of aliphatic hydroxyl groups is 1. The summed E-state index contributed by atoms with van der Waals surface area (Å²) in [6.45, 7) is 8.24. The van der Waals surface area contributed by atoms with Gasteiger partial charge in [-0.1, -0.05) is 37.1 Å². The van der Waals surface area contributed by atoms with E-state index in [1.165, 1.54) is 11.1 Å². The Morgan fingerprint density at radius 2 is 1.96 bits per heavy atom. The third-order valence-corrected chi connectivity index (χ3v) is 4.97. The van der Waals surface area contributed by atoms with E-state index in [1.807, 2.05) is 12.2 Å². The van der Waals surface area contributed by atoms with Crippen molar-refractivity contribution in [3.63, 3.8) is 0 Å². The van der Waals surface area contributed by atoms with E-state index in [0.717, 1.165) is 24.8 Å². The maximum absolute atomic E-state index is 12.5. The maximum Gasteiger partial charge on any atom is 0.334 e. The van der Waals surface area contributed by atoms with Crippen LogP contribution in [0.25, 0.3) is 0 Å². The fraction of sp³-hybridized carbons (Fsp3) is 0.650. The molecular weight excluding hydrogens is 288 g/mol. The lowest BCUT2D eigenvalue weighted by molar-refractivity contribution is -0.155. The standard InChI is InChI=1S/C20H30O3/c1-14(2)17-11-10-15(3)7-5-8-16-9-6-12-20(4,22)18(13-17)23-19(16)21/h7,9,13-14,18,22H,5-6,8,10-12H2,1-4H3/b15-7-,16-9-,17-13+/t18-,20+/m0/s1. The Hall–Kier alpha value is -1.35. The minimum absolute atomic E-state index is 0.277. The van der Waals surface area contributed by atoms with Crippen LogP contribution in [0.15, 0.2) is 34.9 Å². The van der Waals surface area contributed by atoms with Gasteiger partial charge >= 0.3 is 5.97 Å². The normalized spacial score (nSPS) is 37.0. The third-order valence-electron chi connectivity index (χ3n) is 4.97. The van der Waals surface area contributed by atoms with E-state index >= 15 is 0 Å². The second-order valence-corrected chi connectivity index (χ2v) is 7.44. The highest BCUT2D eigenvalue weighted by atomic mass is 16.6. The number of ether oxygens (including phenoxy) is 1. The van der Waals surface area contributed by atoms with Gasteiger partial charge in [-0.15, -0.1) is 0 Å². The van der Waals surface area contributed by atoms with Gasteiger partial charge in [-0.05, 0) is 64.4 Å². The molecule has 3 heteroatoms. The van der Waals surface area contributed by atoms with Crippen LogP contribution >= 0.6 is 0 Å². The fourth-order valence-electron chi connectivity index (χ4n) is 3.18. The van der Waals surface area contributed by atoms with E-state index < -0.39 is 11.7 Å².